The highest BCUT2D eigenvalue weighted by atomic mass is 35.5. The van der Waals surface area contributed by atoms with E-state index in [1.807, 2.05) is 60.7 Å². The molecule has 1 amide bonds. The van der Waals surface area contributed by atoms with Crippen LogP contribution in [0.4, 0.5) is 0 Å². The van der Waals surface area contributed by atoms with E-state index in [0.717, 1.165) is 16.7 Å². The number of fused-ring (bicyclic) bond motifs is 1. The Morgan fingerprint density at radius 3 is 2.29 bits per heavy atom. The first-order valence-corrected chi connectivity index (χ1v) is 10.4. The predicted octanol–water partition coefficient (Wildman–Crippen LogP) is 5.88. The van der Waals surface area contributed by atoms with Crippen LogP contribution < -0.4 is 14.8 Å². The van der Waals surface area contributed by atoms with Gasteiger partial charge in [0.1, 0.15) is 24.7 Å². The van der Waals surface area contributed by atoms with Crippen molar-refractivity contribution in [3.05, 3.63) is 107 Å². The number of hydrogen-bond donors (Lipinski definition) is 1. The summed E-state index contributed by atoms with van der Waals surface area (Å²) in [4.78, 5) is 12.3. The van der Waals surface area contributed by atoms with Crippen LogP contribution in [0.25, 0.3) is 10.8 Å². The van der Waals surface area contributed by atoms with Crippen molar-refractivity contribution in [3.8, 4) is 11.5 Å². The van der Waals surface area contributed by atoms with Crippen molar-refractivity contribution in [2.45, 2.75) is 6.61 Å². The summed E-state index contributed by atoms with van der Waals surface area (Å²) >= 11 is 6.14. The number of carbonyl (C=O) groups excluding carboxylic acids is 1. The van der Waals surface area contributed by atoms with Crippen LogP contribution in [-0.4, -0.2) is 19.1 Å². The number of amides is 1. The highest BCUT2D eigenvalue weighted by molar-refractivity contribution is 6.31. The molecule has 0 unspecified atom stereocenters. The molecule has 0 atom stereocenters. The highest BCUT2D eigenvalue weighted by Crippen LogP contribution is 2.21. The summed E-state index contributed by atoms with van der Waals surface area (Å²) in [5.41, 5.74) is 1.48. The van der Waals surface area contributed by atoms with E-state index in [2.05, 4.69) is 11.4 Å². The van der Waals surface area contributed by atoms with E-state index in [0.29, 0.717) is 36.1 Å². The molecule has 5 heteroatoms. The zero-order valence-corrected chi connectivity index (χ0v) is 17.6. The lowest BCUT2D eigenvalue weighted by molar-refractivity contribution is 0.0947. The molecule has 31 heavy (non-hydrogen) atoms. The van der Waals surface area contributed by atoms with Gasteiger partial charge in [-0.2, -0.15) is 0 Å². The van der Waals surface area contributed by atoms with Gasteiger partial charge in [0.05, 0.1) is 6.54 Å². The van der Waals surface area contributed by atoms with Crippen molar-refractivity contribution in [2.24, 2.45) is 0 Å². The molecule has 0 spiro atoms. The van der Waals surface area contributed by atoms with E-state index in [-0.39, 0.29) is 5.91 Å². The van der Waals surface area contributed by atoms with E-state index >= 15 is 0 Å². The van der Waals surface area contributed by atoms with E-state index in [4.69, 9.17) is 21.1 Å². The third-order valence-electron chi connectivity index (χ3n) is 4.85. The van der Waals surface area contributed by atoms with Gasteiger partial charge in [-0.15, -0.1) is 0 Å². The fraction of sp³-hybridized carbons (Fsp3) is 0.115. The summed E-state index contributed by atoms with van der Waals surface area (Å²) in [6.45, 7) is 1.18. The molecule has 4 aromatic carbocycles. The van der Waals surface area contributed by atoms with Crippen LogP contribution in [-0.2, 0) is 6.61 Å². The minimum atomic E-state index is -0.153. The van der Waals surface area contributed by atoms with Crippen LogP contribution in [0, 0.1) is 0 Å². The molecular weight excluding hydrogens is 410 g/mol. The minimum absolute atomic E-state index is 0.153. The largest absolute Gasteiger partial charge is 0.492 e. The third-order valence-corrected chi connectivity index (χ3v) is 5.21. The van der Waals surface area contributed by atoms with Crippen molar-refractivity contribution in [1.29, 1.82) is 0 Å². The van der Waals surface area contributed by atoms with Crippen molar-refractivity contribution in [2.75, 3.05) is 13.2 Å². The average molecular weight is 432 g/mol. The Hall–Kier alpha value is -3.50. The van der Waals surface area contributed by atoms with Gasteiger partial charge in [-0.1, -0.05) is 60.1 Å². The summed E-state index contributed by atoms with van der Waals surface area (Å²) in [5, 5.41) is 5.83. The van der Waals surface area contributed by atoms with Crippen LogP contribution in [0.15, 0.2) is 91.0 Å². The standard InChI is InChI=1S/C26H22ClNO3/c27-25-8-4-3-7-22(25)18-31-23-12-10-20(11-13-23)26(29)28-15-16-30-24-14-9-19-5-1-2-6-21(19)17-24/h1-14,17H,15-16,18H2,(H,28,29). The molecule has 0 saturated carbocycles. The van der Waals surface area contributed by atoms with Gasteiger partial charge in [0, 0.05) is 16.1 Å². The summed E-state index contributed by atoms with van der Waals surface area (Å²) in [5.74, 6) is 1.31. The molecule has 0 radical (unpaired) electrons. The van der Waals surface area contributed by atoms with Crippen molar-refractivity contribution in [1.82, 2.24) is 5.32 Å². The Kier molecular flexibility index (Phi) is 6.70. The summed E-state index contributed by atoms with van der Waals surface area (Å²) in [7, 11) is 0. The quantitative estimate of drug-likeness (QED) is 0.354. The summed E-state index contributed by atoms with van der Waals surface area (Å²) in [6, 6.07) is 28.7. The number of rotatable bonds is 8. The monoisotopic (exact) mass is 431 g/mol. The van der Waals surface area contributed by atoms with Gasteiger partial charge in [0.25, 0.3) is 5.91 Å². The predicted molar refractivity (Wildman–Crippen MR) is 124 cm³/mol. The van der Waals surface area contributed by atoms with Crippen molar-refractivity contribution >= 4 is 28.3 Å². The minimum Gasteiger partial charge on any atom is -0.492 e. The van der Waals surface area contributed by atoms with Crippen LogP contribution in [0.1, 0.15) is 15.9 Å². The zero-order valence-electron chi connectivity index (χ0n) is 16.9. The van der Waals surface area contributed by atoms with Gasteiger partial charge in [-0.05, 0) is 53.2 Å². The second-order valence-corrected chi connectivity index (χ2v) is 7.42. The molecule has 156 valence electrons. The van der Waals surface area contributed by atoms with Crippen molar-refractivity contribution in [3.63, 3.8) is 0 Å². The van der Waals surface area contributed by atoms with Crippen LogP contribution in [0.2, 0.25) is 5.02 Å². The Morgan fingerprint density at radius 1 is 0.774 bits per heavy atom. The van der Waals surface area contributed by atoms with Gasteiger partial charge in [-0.25, -0.2) is 0 Å². The molecule has 0 aliphatic heterocycles. The highest BCUT2D eigenvalue weighted by Gasteiger charge is 2.06. The topological polar surface area (TPSA) is 47.6 Å². The van der Waals surface area contributed by atoms with Crippen LogP contribution in [0.5, 0.6) is 11.5 Å². The van der Waals surface area contributed by atoms with Gasteiger partial charge >= 0.3 is 0 Å². The molecule has 4 aromatic rings. The number of carbonyl (C=O) groups is 1. The molecule has 0 aliphatic carbocycles. The Balaban J connectivity index is 1.23. The Bertz CT molecular complexity index is 1170. The maximum atomic E-state index is 12.3. The van der Waals surface area contributed by atoms with E-state index in [9.17, 15) is 4.79 Å². The number of halogens is 1. The van der Waals surface area contributed by atoms with Gasteiger partial charge < -0.3 is 14.8 Å². The maximum absolute atomic E-state index is 12.3. The lowest BCUT2D eigenvalue weighted by atomic mass is 10.1. The van der Waals surface area contributed by atoms with Crippen LogP contribution >= 0.6 is 11.6 Å². The zero-order chi connectivity index (χ0) is 21.5. The number of ether oxygens (including phenoxy) is 2. The molecule has 0 bridgehead atoms. The van der Waals surface area contributed by atoms with E-state index < -0.39 is 0 Å². The molecular formula is C26H22ClNO3. The molecule has 4 rings (SSSR count). The Morgan fingerprint density at radius 2 is 1.48 bits per heavy atom. The van der Waals surface area contributed by atoms with E-state index in [1.165, 1.54) is 5.39 Å². The van der Waals surface area contributed by atoms with Crippen LogP contribution in [0.3, 0.4) is 0 Å². The smallest absolute Gasteiger partial charge is 0.251 e. The number of nitrogens with one attached hydrogen (secondary N) is 1. The van der Waals surface area contributed by atoms with Gasteiger partial charge in [-0.3, -0.25) is 4.79 Å². The molecule has 1 N–H and O–H groups in total. The molecule has 0 fully saturated rings. The molecule has 4 nitrogen and oxygen atoms in total. The Labute approximate surface area is 186 Å². The molecule has 0 saturated heterocycles. The second kappa shape index (κ2) is 10.0. The molecule has 0 heterocycles. The first-order chi connectivity index (χ1) is 15.2. The maximum Gasteiger partial charge on any atom is 0.251 e. The fourth-order valence-electron chi connectivity index (χ4n) is 3.17. The second-order valence-electron chi connectivity index (χ2n) is 7.02. The summed E-state index contributed by atoms with van der Waals surface area (Å²) < 4.78 is 11.5. The molecule has 0 aromatic heterocycles. The van der Waals surface area contributed by atoms with Crippen molar-refractivity contribution < 1.29 is 14.3 Å². The third kappa shape index (κ3) is 5.56. The SMILES string of the molecule is O=C(NCCOc1ccc2ccccc2c1)c1ccc(OCc2ccccc2Cl)cc1. The van der Waals surface area contributed by atoms with E-state index in [1.54, 1.807) is 24.3 Å². The summed E-state index contributed by atoms with van der Waals surface area (Å²) in [6.07, 6.45) is 0. The normalized spacial score (nSPS) is 10.6. The first kappa shape index (κ1) is 20.8. The lowest BCUT2D eigenvalue weighted by Gasteiger charge is -2.10. The molecule has 0 aliphatic rings. The lowest BCUT2D eigenvalue weighted by Crippen LogP contribution is -2.28. The number of hydrogen-bond acceptors (Lipinski definition) is 3. The first-order valence-electron chi connectivity index (χ1n) is 10.0. The number of benzene rings is 4. The average Bonchev–Trinajstić information content (AvgIpc) is 2.81. The van der Waals surface area contributed by atoms with Gasteiger partial charge in [0.2, 0.25) is 0 Å². The van der Waals surface area contributed by atoms with Gasteiger partial charge in [0.15, 0.2) is 0 Å². The fourth-order valence-corrected chi connectivity index (χ4v) is 3.36.